The Labute approximate surface area is 104 Å². The van der Waals surface area contributed by atoms with Gasteiger partial charge in [0.2, 0.25) is 0 Å². The van der Waals surface area contributed by atoms with Crippen molar-refractivity contribution in [2.45, 2.75) is 44.8 Å². The summed E-state index contributed by atoms with van der Waals surface area (Å²) in [6, 6.07) is 11.4. The molecule has 0 unspecified atom stereocenters. The summed E-state index contributed by atoms with van der Waals surface area (Å²) in [5, 5.41) is 3.55. The molecule has 2 atom stereocenters. The van der Waals surface area contributed by atoms with E-state index in [-0.39, 0.29) is 5.60 Å². The van der Waals surface area contributed by atoms with Gasteiger partial charge in [-0.15, -0.1) is 0 Å². The molecule has 1 fully saturated rings. The lowest BCUT2D eigenvalue weighted by Gasteiger charge is -2.19. The summed E-state index contributed by atoms with van der Waals surface area (Å²) >= 11 is 0. The molecular weight excluding hydrogens is 210 g/mol. The maximum Gasteiger partial charge on any atom is 0.0599 e. The minimum atomic E-state index is -0.0237. The van der Waals surface area contributed by atoms with Gasteiger partial charge in [-0.05, 0) is 32.8 Å². The van der Waals surface area contributed by atoms with Gasteiger partial charge in [0.05, 0.1) is 12.2 Å². The highest BCUT2D eigenvalue weighted by Gasteiger charge is 2.37. The first-order valence-corrected chi connectivity index (χ1v) is 6.48. The quantitative estimate of drug-likeness (QED) is 0.790. The molecule has 0 heterocycles. The predicted molar refractivity (Wildman–Crippen MR) is 71.3 cm³/mol. The second-order valence-electron chi connectivity index (χ2n) is 5.77. The van der Waals surface area contributed by atoms with Crippen LogP contribution in [0.1, 0.15) is 38.7 Å². The Morgan fingerprint density at radius 2 is 1.94 bits per heavy atom. The lowest BCUT2D eigenvalue weighted by Crippen LogP contribution is -2.28. The fourth-order valence-electron chi connectivity index (χ4n) is 2.09. The first-order valence-electron chi connectivity index (χ1n) is 6.48. The maximum atomic E-state index is 5.69. The number of nitrogens with one attached hydrogen (secondary N) is 1. The molecule has 0 spiro atoms. The summed E-state index contributed by atoms with van der Waals surface area (Å²) in [5.41, 5.74) is 1.44. The molecule has 0 radical (unpaired) electrons. The van der Waals surface area contributed by atoms with Gasteiger partial charge in [0.1, 0.15) is 0 Å². The molecule has 2 rings (SSSR count). The second kappa shape index (κ2) is 5.19. The number of hydrogen-bond donors (Lipinski definition) is 1. The van der Waals surface area contributed by atoms with E-state index >= 15 is 0 Å². The van der Waals surface area contributed by atoms with Crippen LogP contribution in [0.5, 0.6) is 0 Å². The monoisotopic (exact) mass is 233 g/mol. The van der Waals surface area contributed by atoms with Crippen molar-refractivity contribution < 1.29 is 4.74 Å². The smallest absolute Gasteiger partial charge is 0.0599 e. The summed E-state index contributed by atoms with van der Waals surface area (Å²) in [7, 11) is 0. The average Bonchev–Trinajstić information content (AvgIpc) is 3.04. The molecule has 0 aromatic heterocycles. The van der Waals surface area contributed by atoms with Crippen LogP contribution in [0, 0.1) is 0 Å². The van der Waals surface area contributed by atoms with Crippen molar-refractivity contribution >= 4 is 0 Å². The van der Waals surface area contributed by atoms with Crippen LogP contribution in [0.3, 0.4) is 0 Å². The van der Waals surface area contributed by atoms with E-state index in [0.717, 1.165) is 13.2 Å². The van der Waals surface area contributed by atoms with Gasteiger partial charge in [-0.25, -0.2) is 0 Å². The van der Waals surface area contributed by atoms with Gasteiger partial charge in [0.15, 0.2) is 0 Å². The number of hydrogen-bond acceptors (Lipinski definition) is 2. The van der Waals surface area contributed by atoms with Gasteiger partial charge in [-0.1, -0.05) is 30.3 Å². The summed E-state index contributed by atoms with van der Waals surface area (Å²) < 4.78 is 5.69. The third-order valence-corrected chi connectivity index (χ3v) is 3.06. The van der Waals surface area contributed by atoms with Gasteiger partial charge < -0.3 is 10.1 Å². The van der Waals surface area contributed by atoms with Crippen LogP contribution < -0.4 is 5.32 Å². The molecule has 0 bridgehead atoms. The van der Waals surface area contributed by atoms with Crippen molar-refractivity contribution in [3.8, 4) is 0 Å². The molecular formula is C15H23NO. The van der Waals surface area contributed by atoms with Crippen molar-refractivity contribution in [3.63, 3.8) is 0 Å². The molecule has 1 aliphatic rings. The second-order valence-corrected chi connectivity index (χ2v) is 5.77. The molecule has 0 amide bonds. The number of rotatable bonds is 5. The Morgan fingerprint density at radius 3 is 2.59 bits per heavy atom. The SMILES string of the molecule is CC(C)(C)OCCN[C@@H]1C[C@H]1c1ccccc1. The van der Waals surface area contributed by atoms with Crippen LogP contribution >= 0.6 is 0 Å². The highest BCUT2D eigenvalue weighted by Crippen LogP contribution is 2.40. The molecule has 1 aliphatic carbocycles. The molecule has 1 N–H and O–H groups in total. The van der Waals surface area contributed by atoms with Crippen molar-refractivity contribution in [2.24, 2.45) is 0 Å². The molecule has 0 aliphatic heterocycles. The Bertz CT molecular complexity index is 342. The van der Waals surface area contributed by atoms with Crippen molar-refractivity contribution in [3.05, 3.63) is 35.9 Å². The van der Waals surface area contributed by atoms with E-state index in [4.69, 9.17) is 4.74 Å². The number of ether oxygens (including phenoxy) is 1. The molecule has 17 heavy (non-hydrogen) atoms. The van der Waals surface area contributed by atoms with E-state index in [2.05, 4.69) is 56.4 Å². The average molecular weight is 233 g/mol. The fraction of sp³-hybridized carbons (Fsp3) is 0.600. The van der Waals surface area contributed by atoms with Gasteiger partial charge in [-0.2, -0.15) is 0 Å². The Morgan fingerprint density at radius 1 is 1.24 bits per heavy atom. The Balaban J connectivity index is 1.64. The maximum absolute atomic E-state index is 5.69. The van der Waals surface area contributed by atoms with Crippen LogP contribution in [0.25, 0.3) is 0 Å². The minimum absolute atomic E-state index is 0.0237. The molecule has 1 aromatic carbocycles. The molecule has 2 heteroatoms. The van der Waals surface area contributed by atoms with Crippen molar-refractivity contribution in [2.75, 3.05) is 13.2 Å². The summed E-state index contributed by atoms with van der Waals surface area (Å²) in [6.07, 6.45) is 1.26. The summed E-state index contributed by atoms with van der Waals surface area (Å²) in [5.74, 6) is 0.714. The first-order chi connectivity index (χ1) is 8.06. The number of benzene rings is 1. The lowest BCUT2D eigenvalue weighted by molar-refractivity contribution is -0.000941. The highest BCUT2D eigenvalue weighted by molar-refractivity contribution is 5.27. The molecule has 1 aromatic rings. The van der Waals surface area contributed by atoms with Gasteiger partial charge in [0, 0.05) is 18.5 Å². The minimum Gasteiger partial charge on any atom is -0.375 e. The third-order valence-electron chi connectivity index (χ3n) is 3.06. The fourth-order valence-corrected chi connectivity index (χ4v) is 2.09. The largest absolute Gasteiger partial charge is 0.375 e. The topological polar surface area (TPSA) is 21.3 Å². The normalized spacial score (nSPS) is 23.7. The van der Waals surface area contributed by atoms with Gasteiger partial charge >= 0.3 is 0 Å². The first kappa shape index (κ1) is 12.6. The lowest BCUT2D eigenvalue weighted by atomic mass is 10.1. The zero-order valence-corrected chi connectivity index (χ0v) is 11.1. The van der Waals surface area contributed by atoms with E-state index in [1.54, 1.807) is 0 Å². The van der Waals surface area contributed by atoms with E-state index < -0.39 is 0 Å². The predicted octanol–water partition coefficient (Wildman–Crippen LogP) is 2.95. The van der Waals surface area contributed by atoms with E-state index in [9.17, 15) is 0 Å². The van der Waals surface area contributed by atoms with Gasteiger partial charge in [-0.3, -0.25) is 0 Å². The van der Waals surface area contributed by atoms with Crippen LogP contribution in [0.15, 0.2) is 30.3 Å². The molecule has 0 saturated heterocycles. The van der Waals surface area contributed by atoms with E-state index in [1.165, 1.54) is 12.0 Å². The molecule has 1 saturated carbocycles. The Kier molecular flexibility index (Phi) is 3.85. The highest BCUT2D eigenvalue weighted by atomic mass is 16.5. The van der Waals surface area contributed by atoms with Crippen LogP contribution in [0.4, 0.5) is 0 Å². The van der Waals surface area contributed by atoms with Crippen molar-refractivity contribution in [1.29, 1.82) is 0 Å². The summed E-state index contributed by atoms with van der Waals surface area (Å²) in [4.78, 5) is 0. The standard InChI is InChI=1S/C15H23NO/c1-15(2,3)17-10-9-16-14-11-13(14)12-7-5-4-6-8-12/h4-8,13-14,16H,9-11H2,1-3H3/t13-,14+/m0/s1. The molecule has 2 nitrogen and oxygen atoms in total. The van der Waals surface area contributed by atoms with Crippen LogP contribution in [-0.4, -0.2) is 24.8 Å². The van der Waals surface area contributed by atoms with Crippen LogP contribution in [0.2, 0.25) is 0 Å². The van der Waals surface area contributed by atoms with Gasteiger partial charge in [0.25, 0.3) is 0 Å². The summed E-state index contributed by atoms with van der Waals surface area (Å²) in [6.45, 7) is 8.03. The Hall–Kier alpha value is -0.860. The van der Waals surface area contributed by atoms with Crippen LogP contribution in [-0.2, 0) is 4.74 Å². The third kappa shape index (κ3) is 4.14. The van der Waals surface area contributed by atoms with Crippen molar-refractivity contribution in [1.82, 2.24) is 5.32 Å². The van der Waals surface area contributed by atoms with E-state index in [1.807, 2.05) is 0 Å². The zero-order valence-electron chi connectivity index (χ0n) is 11.1. The van der Waals surface area contributed by atoms with E-state index in [0.29, 0.717) is 12.0 Å². The molecule has 94 valence electrons. The zero-order chi connectivity index (χ0) is 12.3.